The van der Waals surface area contributed by atoms with Gasteiger partial charge < -0.3 is 4.74 Å². The highest BCUT2D eigenvalue weighted by Gasteiger charge is 2.05. The lowest BCUT2D eigenvalue weighted by atomic mass is 10.0. The van der Waals surface area contributed by atoms with E-state index in [1.807, 2.05) is 19.1 Å². The van der Waals surface area contributed by atoms with Gasteiger partial charge in [-0.3, -0.25) is 5.10 Å². The Morgan fingerprint density at radius 1 is 1.10 bits per heavy atom. The summed E-state index contributed by atoms with van der Waals surface area (Å²) in [6.45, 7) is 4.98. The van der Waals surface area contributed by atoms with Gasteiger partial charge in [0.2, 0.25) is 0 Å². The van der Waals surface area contributed by atoms with Crippen LogP contribution in [0.2, 0.25) is 0 Å². The third kappa shape index (κ3) is 2.92. The first-order valence-electron chi connectivity index (χ1n) is 7.46. The molecule has 0 bridgehead atoms. The maximum atomic E-state index is 5.78. The van der Waals surface area contributed by atoms with E-state index in [1.54, 1.807) is 0 Å². The molecule has 3 nitrogen and oxygen atoms in total. The average molecular weight is 280 g/mol. The van der Waals surface area contributed by atoms with Crippen LogP contribution in [0.3, 0.4) is 0 Å². The third-order valence-corrected chi connectivity index (χ3v) is 3.68. The van der Waals surface area contributed by atoms with Gasteiger partial charge in [-0.1, -0.05) is 37.6 Å². The van der Waals surface area contributed by atoms with Crippen molar-refractivity contribution >= 4 is 10.9 Å². The molecule has 3 heteroatoms. The van der Waals surface area contributed by atoms with E-state index in [2.05, 4.69) is 47.5 Å². The van der Waals surface area contributed by atoms with Gasteiger partial charge in [0.05, 0.1) is 12.1 Å². The minimum Gasteiger partial charge on any atom is -0.494 e. The first kappa shape index (κ1) is 13.7. The number of hydrogen-bond donors (Lipinski definition) is 1. The highest BCUT2D eigenvalue weighted by Crippen LogP contribution is 2.27. The van der Waals surface area contributed by atoms with E-state index in [-0.39, 0.29) is 0 Å². The predicted octanol–water partition coefficient (Wildman–Crippen LogP) is 4.72. The first-order chi connectivity index (χ1) is 10.3. The van der Waals surface area contributed by atoms with Gasteiger partial charge >= 0.3 is 0 Å². The number of nitrogens with one attached hydrogen (secondary N) is 1. The molecule has 3 rings (SSSR count). The number of unbranched alkanes of at least 4 members (excludes halogenated alkanes) is 1. The summed E-state index contributed by atoms with van der Waals surface area (Å²) in [7, 11) is 0. The van der Waals surface area contributed by atoms with Crippen LogP contribution >= 0.6 is 0 Å². The highest BCUT2D eigenvalue weighted by atomic mass is 16.5. The Morgan fingerprint density at radius 3 is 2.81 bits per heavy atom. The summed E-state index contributed by atoms with van der Waals surface area (Å²) in [4.78, 5) is 0. The summed E-state index contributed by atoms with van der Waals surface area (Å²) in [5.74, 6) is 0.930. The molecule has 1 aromatic heterocycles. The molecule has 0 fully saturated rings. The van der Waals surface area contributed by atoms with Crippen LogP contribution in [0.1, 0.15) is 25.5 Å². The summed E-state index contributed by atoms with van der Waals surface area (Å²) in [5, 5.41) is 8.53. The average Bonchev–Trinajstić information content (AvgIpc) is 2.89. The fourth-order valence-electron chi connectivity index (χ4n) is 2.42. The summed E-state index contributed by atoms with van der Waals surface area (Å²) >= 11 is 0. The number of benzene rings is 2. The lowest BCUT2D eigenvalue weighted by Crippen LogP contribution is -1.96. The number of rotatable bonds is 5. The van der Waals surface area contributed by atoms with E-state index in [1.165, 1.54) is 5.39 Å². The number of hydrogen-bond acceptors (Lipinski definition) is 2. The number of aromatic amines is 1. The van der Waals surface area contributed by atoms with Crippen molar-refractivity contribution in [1.82, 2.24) is 10.2 Å². The summed E-state index contributed by atoms with van der Waals surface area (Å²) in [6, 6.07) is 14.6. The van der Waals surface area contributed by atoms with Gasteiger partial charge in [-0.2, -0.15) is 5.10 Å². The molecule has 0 atom stereocenters. The first-order valence-corrected chi connectivity index (χ1v) is 7.46. The maximum absolute atomic E-state index is 5.78. The Morgan fingerprint density at radius 2 is 1.95 bits per heavy atom. The van der Waals surface area contributed by atoms with Crippen LogP contribution in [0.25, 0.3) is 22.0 Å². The van der Waals surface area contributed by atoms with E-state index >= 15 is 0 Å². The Kier molecular flexibility index (Phi) is 3.91. The number of aromatic nitrogens is 2. The molecule has 0 spiro atoms. The van der Waals surface area contributed by atoms with Crippen molar-refractivity contribution in [1.29, 1.82) is 0 Å². The summed E-state index contributed by atoms with van der Waals surface area (Å²) in [5.41, 5.74) is 4.43. The molecule has 21 heavy (non-hydrogen) atoms. The second-order valence-electron chi connectivity index (χ2n) is 5.31. The van der Waals surface area contributed by atoms with Gasteiger partial charge in [-0.25, -0.2) is 0 Å². The Bertz CT molecular complexity index is 746. The van der Waals surface area contributed by atoms with Gasteiger partial charge in [0.1, 0.15) is 5.75 Å². The standard InChI is InChI=1S/C18H20N2O/c1-3-4-10-21-16-7-5-6-14(11-16)15-8-9-17-13(2)19-20-18(17)12-15/h5-9,11-12H,3-4,10H2,1-2H3,(H,19,20). The monoisotopic (exact) mass is 280 g/mol. The highest BCUT2D eigenvalue weighted by molar-refractivity contribution is 5.86. The SMILES string of the molecule is CCCCOc1cccc(-c2ccc3c(C)[nH]nc3c2)c1. The fourth-order valence-corrected chi connectivity index (χ4v) is 2.42. The molecule has 3 aromatic rings. The number of nitrogens with zero attached hydrogens (tertiary/aromatic N) is 1. The quantitative estimate of drug-likeness (QED) is 0.687. The third-order valence-electron chi connectivity index (χ3n) is 3.68. The van der Waals surface area contributed by atoms with E-state index in [9.17, 15) is 0 Å². The minimum atomic E-state index is 0.775. The van der Waals surface area contributed by atoms with Crippen molar-refractivity contribution in [3.63, 3.8) is 0 Å². The molecule has 0 unspecified atom stereocenters. The Labute approximate surface area is 125 Å². The van der Waals surface area contributed by atoms with Crippen molar-refractivity contribution in [2.75, 3.05) is 6.61 Å². The van der Waals surface area contributed by atoms with Gasteiger partial charge in [-0.05, 0) is 42.7 Å². The zero-order valence-electron chi connectivity index (χ0n) is 12.5. The van der Waals surface area contributed by atoms with Crippen LogP contribution in [0.15, 0.2) is 42.5 Å². The van der Waals surface area contributed by atoms with E-state index in [4.69, 9.17) is 4.74 Å². The number of ether oxygens (including phenoxy) is 1. The second-order valence-corrected chi connectivity index (χ2v) is 5.31. The predicted molar refractivity (Wildman–Crippen MR) is 86.7 cm³/mol. The number of fused-ring (bicyclic) bond motifs is 1. The van der Waals surface area contributed by atoms with Gasteiger partial charge in [0.15, 0.2) is 0 Å². The molecular weight excluding hydrogens is 260 g/mol. The van der Waals surface area contributed by atoms with E-state index < -0.39 is 0 Å². The van der Waals surface area contributed by atoms with Crippen molar-refractivity contribution in [2.24, 2.45) is 0 Å². The van der Waals surface area contributed by atoms with Gasteiger partial charge in [0.25, 0.3) is 0 Å². The molecule has 0 aliphatic carbocycles. The molecule has 0 saturated carbocycles. The zero-order chi connectivity index (χ0) is 14.7. The summed E-state index contributed by atoms with van der Waals surface area (Å²) in [6.07, 6.45) is 2.23. The lowest BCUT2D eigenvalue weighted by Gasteiger charge is -2.08. The topological polar surface area (TPSA) is 37.9 Å². The van der Waals surface area contributed by atoms with Crippen molar-refractivity contribution in [2.45, 2.75) is 26.7 Å². The summed E-state index contributed by atoms with van der Waals surface area (Å²) < 4.78 is 5.78. The van der Waals surface area contributed by atoms with Crippen LogP contribution in [0, 0.1) is 6.92 Å². The van der Waals surface area contributed by atoms with Crippen LogP contribution in [0.4, 0.5) is 0 Å². The molecule has 1 heterocycles. The van der Waals surface area contributed by atoms with Crippen LogP contribution in [0.5, 0.6) is 5.75 Å². The zero-order valence-corrected chi connectivity index (χ0v) is 12.5. The minimum absolute atomic E-state index is 0.775. The Hall–Kier alpha value is -2.29. The van der Waals surface area contributed by atoms with Gasteiger partial charge in [-0.15, -0.1) is 0 Å². The Balaban J connectivity index is 1.89. The van der Waals surface area contributed by atoms with E-state index in [0.717, 1.165) is 47.5 Å². The van der Waals surface area contributed by atoms with Crippen molar-refractivity contribution in [3.8, 4) is 16.9 Å². The molecule has 0 aliphatic heterocycles. The molecule has 1 N–H and O–H groups in total. The van der Waals surface area contributed by atoms with Gasteiger partial charge in [0, 0.05) is 11.1 Å². The lowest BCUT2D eigenvalue weighted by molar-refractivity contribution is 0.309. The molecule has 108 valence electrons. The van der Waals surface area contributed by atoms with E-state index in [0.29, 0.717) is 0 Å². The molecule has 2 aromatic carbocycles. The maximum Gasteiger partial charge on any atom is 0.119 e. The molecule has 0 amide bonds. The molecule has 0 saturated heterocycles. The van der Waals surface area contributed by atoms with Crippen molar-refractivity contribution in [3.05, 3.63) is 48.2 Å². The normalized spacial score (nSPS) is 11.0. The second kappa shape index (κ2) is 6.00. The molecule has 0 aliphatic rings. The van der Waals surface area contributed by atoms with Crippen LogP contribution in [-0.2, 0) is 0 Å². The molecular formula is C18H20N2O. The smallest absolute Gasteiger partial charge is 0.119 e. The van der Waals surface area contributed by atoms with Crippen LogP contribution in [-0.4, -0.2) is 16.8 Å². The van der Waals surface area contributed by atoms with Crippen LogP contribution < -0.4 is 4.74 Å². The number of H-pyrrole nitrogens is 1. The van der Waals surface area contributed by atoms with Crippen molar-refractivity contribution < 1.29 is 4.74 Å². The fraction of sp³-hybridized carbons (Fsp3) is 0.278. The largest absolute Gasteiger partial charge is 0.494 e. The number of aryl methyl sites for hydroxylation is 1. The molecule has 0 radical (unpaired) electrons.